The Kier molecular flexibility index (Phi) is 18.2. The van der Waals surface area contributed by atoms with Gasteiger partial charge in [0.15, 0.2) is 0 Å². The number of hydrogen-bond donors (Lipinski definition) is 3. The Morgan fingerprint density at radius 1 is 1.29 bits per heavy atom. The first-order valence-electron chi connectivity index (χ1n) is 4.51. The summed E-state index contributed by atoms with van der Waals surface area (Å²) in [6, 6.07) is 0.858. The summed E-state index contributed by atoms with van der Waals surface area (Å²) in [6.45, 7) is 4.86. The molecule has 0 saturated heterocycles. The van der Waals surface area contributed by atoms with E-state index in [9.17, 15) is 0 Å². The van der Waals surface area contributed by atoms with Crippen LogP contribution in [0.5, 0.6) is 0 Å². The molecule has 6 N–H and O–H groups in total. The third-order valence-electron chi connectivity index (χ3n) is 1.65. The fourth-order valence-electron chi connectivity index (χ4n) is 0.688. The first-order valence-corrected chi connectivity index (χ1v) is 7.03. The quantitative estimate of drug-likeness (QED) is 0.604. The average molecular weight is 226 g/mol. The van der Waals surface area contributed by atoms with Crippen molar-refractivity contribution >= 4 is 8.56 Å². The Hall–Kier alpha value is 0.0169. The summed E-state index contributed by atoms with van der Waals surface area (Å²) in [5.74, 6) is 0. The van der Waals surface area contributed by atoms with E-state index in [0.717, 1.165) is 19.0 Å². The summed E-state index contributed by atoms with van der Waals surface area (Å²) in [5.41, 5.74) is 4.85. The summed E-state index contributed by atoms with van der Waals surface area (Å²) in [7, 11) is 1.44. The van der Waals surface area contributed by atoms with Crippen LogP contribution in [0.1, 0.15) is 13.3 Å². The monoisotopic (exact) mass is 226 g/mol. The number of rotatable bonds is 5. The van der Waals surface area contributed by atoms with Crippen molar-refractivity contribution in [1.82, 2.24) is 6.15 Å². The predicted octanol–water partition coefficient (Wildman–Crippen LogP) is 0.861. The van der Waals surface area contributed by atoms with Gasteiger partial charge in [0.25, 0.3) is 0 Å². The standard InChI is InChI=1S/C6H16O3Si.C2H7N.H3N/c1-8-10(3,9-2)6-4-5-7;1-2-3;/h7H,4-6H2,1-3H3;2-3H2,1H3;1H3. The topological polar surface area (TPSA) is 99.7 Å². The van der Waals surface area contributed by atoms with Gasteiger partial charge in [-0.05, 0) is 25.6 Å². The molecule has 0 aliphatic carbocycles. The van der Waals surface area contributed by atoms with Crippen molar-refractivity contribution < 1.29 is 14.0 Å². The van der Waals surface area contributed by atoms with Crippen molar-refractivity contribution in [2.45, 2.75) is 25.9 Å². The molecule has 0 heterocycles. The molecule has 0 amide bonds. The van der Waals surface area contributed by atoms with E-state index in [4.69, 9.17) is 19.7 Å². The molecule has 0 aromatic heterocycles. The van der Waals surface area contributed by atoms with Crippen LogP contribution in [0.2, 0.25) is 12.6 Å². The van der Waals surface area contributed by atoms with Crippen molar-refractivity contribution in [3.8, 4) is 0 Å². The largest absolute Gasteiger partial charge is 0.398 e. The molecule has 0 rings (SSSR count). The highest BCUT2D eigenvalue weighted by molar-refractivity contribution is 6.65. The third kappa shape index (κ3) is 12.0. The Balaban J connectivity index is -0.000000267. The van der Waals surface area contributed by atoms with Gasteiger partial charge in [-0.3, -0.25) is 0 Å². The van der Waals surface area contributed by atoms with E-state index in [2.05, 4.69) is 0 Å². The van der Waals surface area contributed by atoms with E-state index in [1.165, 1.54) is 0 Å². The fraction of sp³-hybridized carbons (Fsp3) is 1.00. The molecular formula is C8H26N2O3Si. The van der Waals surface area contributed by atoms with Crippen LogP contribution in [-0.4, -0.2) is 41.0 Å². The molecular weight excluding hydrogens is 200 g/mol. The highest BCUT2D eigenvalue weighted by atomic mass is 28.4. The predicted molar refractivity (Wildman–Crippen MR) is 61.9 cm³/mol. The zero-order valence-corrected chi connectivity index (χ0v) is 10.9. The lowest BCUT2D eigenvalue weighted by Gasteiger charge is -2.21. The fourth-order valence-corrected chi connectivity index (χ4v) is 2.06. The summed E-state index contributed by atoms with van der Waals surface area (Å²) >= 11 is 0. The molecule has 0 saturated carbocycles. The van der Waals surface area contributed by atoms with Gasteiger partial charge in [0.05, 0.1) is 0 Å². The van der Waals surface area contributed by atoms with Crippen LogP contribution >= 0.6 is 0 Å². The van der Waals surface area contributed by atoms with Crippen LogP contribution in [0.15, 0.2) is 0 Å². The lowest BCUT2D eigenvalue weighted by atomic mass is 10.5. The van der Waals surface area contributed by atoms with Crippen LogP contribution in [0.4, 0.5) is 0 Å². The second kappa shape index (κ2) is 13.0. The third-order valence-corrected chi connectivity index (χ3v) is 4.64. The molecule has 6 heteroatoms. The summed E-state index contributed by atoms with van der Waals surface area (Å²) in [4.78, 5) is 0. The summed E-state index contributed by atoms with van der Waals surface area (Å²) < 4.78 is 10.4. The van der Waals surface area contributed by atoms with Gasteiger partial charge in [-0.15, -0.1) is 0 Å². The Morgan fingerprint density at radius 2 is 1.64 bits per heavy atom. The second-order valence-electron chi connectivity index (χ2n) is 2.78. The molecule has 0 aliphatic rings. The molecule has 90 valence electrons. The van der Waals surface area contributed by atoms with Crippen molar-refractivity contribution in [2.75, 3.05) is 27.4 Å². The summed E-state index contributed by atoms with van der Waals surface area (Å²) in [6.07, 6.45) is 0.768. The molecule has 0 atom stereocenters. The smallest absolute Gasteiger partial charge is 0.334 e. The maximum Gasteiger partial charge on any atom is 0.334 e. The van der Waals surface area contributed by atoms with E-state index in [0.29, 0.717) is 0 Å². The van der Waals surface area contributed by atoms with Gasteiger partial charge in [-0.2, -0.15) is 0 Å². The normalized spacial score (nSPS) is 9.86. The number of nitrogens with two attached hydrogens (primary N) is 1. The maximum atomic E-state index is 8.53. The molecule has 0 unspecified atom stereocenters. The zero-order chi connectivity index (χ0) is 10.7. The van der Waals surface area contributed by atoms with Crippen LogP contribution in [0.3, 0.4) is 0 Å². The van der Waals surface area contributed by atoms with Gasteiger partial charge in [0.1, 0.15) is 0 Å². The molecule has 0 aromatic rings. The highest BCUT2D eigenvalue weighted by Gasteiger charge is 2.27. The Labute approximate surface area is 88.4 Å². The Bertz CT molecular complexity index is 103. The number of aliphatic hydroxyl groups excluding tert-OH is 1. The molecule has 0 spiro atoms. The van der Waals surface area contributed by atoms with E-state index in [-0.39, 0.29) is 12.8 Å². The van der Waals surface area contributed by atoms with Crippen molar-refractivity contribution in [3.63, 3.8) is 0 Å². The summed E-state index contributed by atoms with van der Waals surface area (Å²) in [5, 5.41) is 8.53. The molecule has 5 nitrogen and oxygen atoms in total. The number of aliphatic hydroxyl groups is 1. The van der Waals surface area contributed by atoms with Crippen LogP contribution in [0, 0.1) is 0 Å². The van der Waals surface area contributed by atoms with E-state index in [1.807, 2.05) is 13.5 Å². The number of hydrogen-bond acceptors (Lipinski definition) is 5. The van der Waals surface area contributed by atoms with Crippen molar-refractivity contribution in [1.29, 1.82) is 0 Å². The van der Waals surface area contributed by atoms with E-state index >= 15 is 0 Å². The van der Waals surface area contributed by atoms with Crippen LogP contribution in [-0.2, 0) is 8.85 Å². The van der Waals surface area contributed by atoms with Gasteiger partial charge in [0.2, 0.25) is 0 Å². The van der Waals surface area contributed by atoms with Crippen molar-refractivity contribution in [3.05, 3.63) is 0 Å². The zero-order valence-electron chi connectivity index (χ0n) is 9.88. The first-order chi connectivity index (χ1) is 6.10. The molecule has 14 heavy (non-hydrogen) atoms. The molecule has 0 bridgehead atoms. The van der Waals surface area contributed by atoms with Crippen LogP contribution < -0.4 is 11.9 Å². The molecule has 0 aliphatic heterocycles. The van der Waals surface area contributed by atoms with Gasteiger partial charge in [-0.25, -0.2) is 0 Å². The van der Waals surface area contributed by atoms with Gasteiger partial charge in [0, 0.05) is 20.8 Å². The minimum Gasteiger partial charge on any atom is -0.398 e. The average Bonchev–Trinajstić information content (AvgIpc) is 2.15. The lowest BCUT2D eigenvalue weighted by molar-refractivity contribution is 0.238. The minimum absolute atomic E-state index is 0. The minimum atomic E-state index is -1.88. The van der Waals surface area contributed by atoms with Crippen molar-refractivity contribution in [2.24, 2.45) is 5.73 Å². The molecule has 0 radical (unpaired) electrons. The lowest BCUT2D eigenvalue weighted by Crippen LogP contribution is -2.35. The van der Waals surface area contributed by atoms with Crippen LogP contribution in [0.25, 0.3) is 0 Å². The molecule has 0 aromatic carbocycles. The SMILES string of the molecule is CCN.CO[Si](C)(CCCO)OC.N. The Morgan fingerprint density at radius 3 is 1.86 bits per heavy atom. The van der Waals surface area contributed by atoms with Gasteiger partial charge in [-0.1, -0.05) is 6.92 Å². The maximum absolute atomic E-state index is 8.53. The van der Waals surface area contributed by atoms with E-state index < -0.39 is 8.56 Å². The van der Waals surface area contributed by atoms with Gasteiger partial charge < -0.3 is 25.8 Å². The molecule has 0 fully saturated rings. The highest BCUT2D eigenvalue weighted by Crippen LogP contribution is 2.12. The first kappa shape index (κ1) is 19.6. The van der Waals surface area contributed by atoms with E-state index in [1.54, 1.807) is 14.2 Å². The second-order valence-corrected chi connectivity index (χ2v) is 6.36. The van der Waals surface area contributed by atoms with Gasteiger partial charge >= 0.3 is 8.56 Å².